The molecule has 0 spiro atoms. The van der Waals surface area contributed by atoms with Gasteiger partial charge in [0.05, 0.1) is 0 Å². The van der Waals surface area contributed by atoms with E-state index in [0.717, 1.165) is 17.8 Å². The lowest BCUT2D eigenvalue weighted by Crippen LogP contribution is -2.47. The van der Waals surface area contributed by atoms with Crippen molar-refractivity contribution >= 4 is 0 Å². The van der Waals surface area contributed by atoms with Crippen LogP contribution in [0.1, 0.15) is 58.3 Å². The van der Waals surface area contributed by atoms with E-state index < -0.39 is 0 Å². The molecule has 3 rings (SSSR count). The van der Waals surface area contributed by atoms with Gasteiger partial charge in [-0.1, -0.05) is 13.3 Å². The number of rotatable bonds is 8. The van der Waals surface area contributed by atoms with Crippen molar-refractivity contribution in [2.24, 2.45) is 23.2 Å². The zero-order valence-corrected chi connectivity index (χ0v) is 12.7. The fourth-order valence-corrected chi connectivity index (χ4v) is 4.28. The number of hydrogen-bond acceptors (Lipinski definition) is 2. The van der Waals surface area contributed by atoms with Crippen molar-refractivity contribution in [1.82, 2.24) is 10.6 Å². The van der Waals surface area contributed by atoms with Gasteiger partial charge in [-0.2, -0.15) is 0 Å². The van der Waals surface area contributed by atoms with E-state index in [2.05, 4.69) is 17.6 Å². The molecule has 0 radical (unpaired) electrons. The van der Waals surface area contributed by atoms with E-state index in [-0.39, 0.29) is 0 Å². The summed E-state index contributed by atoms with van der Waals surface area (Å²) in [5, 5.41) is 7.51. The summed E-state index contributed by atoms with van der Waals surface area (Å²) in [5.41, 5.74) is 0.560. The first-order valence-electron chi connectivity index (χ1n) is 8.74. The molecule has 2 aliphatic carbocycles. The highest BCUT2D eigenvalue weighted by Crippen LogP contribution is 2.48. The molecule has 3 fully saturated rings. The Kier molecular flexibility index (Phi) is 4.48. The van der Waals surface area contributed by atoms with E-state index in [1.54, 1.807) is 0 Å². The molecule has 1 heterocycles. The maximum atomic E-state index is 3.88. The Bertz CT molecular complexity index is 257. The van der Waals surface area contributed by atoms with E-state index in [0.29, 0.717) is 5.41 Å². The lowest BCUT2D eigenvalue weighted by atomic mass is 9.77. The minimum atomic E-state index is 0.560. The van der Waals surface area contributed by atoms with Crippen LogP contribution in [-0.2, 0) is 0 Å². The Labute approximate surface area is 119 Å². The van der Waals surface area contributed by atoms with Crippen molar-refractivity contribution in [1.29, 1.82) is 0 Å². The predicted molar refractivity (Wildman–Crippen MR) is 81.3 cm³/mol. The van der Waals surface area contributed by atoms with Gasteiger partial charge in [0, 0.05) is 13.1 Å². The first-order valence-corrected chi connectivity index (χ1v) is 8.74. The van der Waals surface area contributed by atoms with Gasteiger partial charge in [0.2, 0.25) is 0 Å². The van der Waals surface area contributed by atoms with Gasteiger partial charge in [-0.3, -0.25) is 0 Å². The van der Waals surface area contributed by atoms with Crippen molar-refractivity contribution in [2.45, 2.75) is 58.3 Å². The van der Waals surface area contributed by atoms with Crippen LogP contribution in [0.2, 0.25) is 0 Å². The Morgan fingerprint density at radius 3 is 2.47 bits per heavy atom. The van der Waals surface area contributed by atoms with Gasteiger partial charge >= 0.3 is 0 Å². The third kappa shape index (κ3) is 3.72. The topological polar surface area (TPSA) is 24.1 Å². The first kappa shape index (κ1) is 13.9. The molecule has 0 aromatic carbocycles. The summed E-state index contributed by atoms with van der Waals surface area (Å²) in [4.78, 5) is 0. The van der Waals surface area contributed by atoms with E-state index in [9.17, 15) is 0 Å². The molecule has 1 saturated heterocycles. The average molecular weight is 264 g/mol. The molecular formula is C17H32N2. The van der Waals surface area contributed by atoms with Crippen LogP contribution in [0.5, 0.6) is 0 Å². The number of nitrogens with one attached hydrogen (secondary N) is 2. The maximum Gasteiger partial charge on any atom is 0.00201 e. The molecule has 0 amide bonds. The Morgan fingerprint density at radius 1 is 1.21 bits per heavy atom. The minimum absolute atomic E-state index is 0.560. The van der Waals surface area contributed by atoms with Gasteiger partial charge in [-0.25, -0.2) is 0 Å². The molecule has 1 aliphatic heterocycles. The van der Waals surface area contributed by atoms with Crippen LogP contribution in [0.25, 0.3) is 0 Å². The van der Waals surface area contributed by atoms with Crippen LogP contribution >= 0.6 is 0 Å². The second kappa shape index (κ2) is 6.13. The standard InChI is InChI=1S/C17H32N2/c1-2-8-17(9-3-10-18-12-17)13-19-11-16(14-4-5-14)15-6-7-15/h14-16,18-19H,2-13H2,1H3. The van der Waals surface area contributed by atoms with Gasteiger partial charge in [0.25, 0.3) is 0 Å². The summed E-state index contributed by atoms with van der Waals surface area (Å²) in [6.07, 6.45) is 11.6. The van der Waals surface area contributed by atoms with E-state index in [1.165, 1.54) is 77.5 Å². The molecule has 2 N–H and O–H groups in total. The highest BCUT2D eigenvalue weighted by Gasteiger charge is 2.41. The summed E-state index contributed by atoms with van der Waals surface area (Å²) >= 11 is 0. The maximum absolute atomic E-state index is 3.88. The highest BCUT2D eigenvalue weighted by atomic mass is 14.9. The van der Waals surface area contributed by atoms with Gasteiger partial charge in [-0.15, -0.1) is 0 Å². The quantitative estimate of drug-likeness (QED) is 0.703. The molecule has 19 heavy (non-hydrogen) atoms. The summed E-state index contributed by atoms with van der Waals surface area (Å²) in [6.45, 7) is 7.38. The molecule has 2 heteroatoms. The molecule has 2 saturated carbocycles. The predicted octanol–water partition coefficient (Wildman–Crippen LogP) is 3.18. The SMILES string of the molecule is CCCC1(CNCC(C2CC2)C2CC2)CCCNC1. The van der Waals surface area contributed by atoms with Gasteiger partial charge in [0.15, 0.2) is 0 Å². The van der Waals surface area contributed by atoms with Crippen LogP contribution in [0.3, 0.4) is 0 Å². The minimum Gasteiger partial charge on any atom is -0.316 e. The van der Waals surface area contributed by atoms with E-state index in [1.807, 2.05) is 0 Å². The lowest BCUT2D eigenvalue weighted by Gasteiger charge is -2.38. The molecule has 1 atom stereocenters. The molecule has 0 aromatic heterocycles. The third-order valence-corrected chi connectivity index (χ3v) is 5.68. The largest absolute Gasteiger partial charge is 0.316 e. The number of hydrogen-bond donors (Lipinski definition) is 2. The molecular weight excluding hydrogens is 232 g/mol. The number of piperidine rings is 1. The van der Waals surface area contributed by atoms with Crippen molar-refractivity contribution < 1.29 is 0 Å². The van der Waals surface area contributed by atoms with Crippen molar-refractivity contribution in [2.75, 3.05) is 26.2 Å². The van der Waals surface area contributed by atoms with E-state index in [4.69, 9.17) is 0 Å². The van der Waals surface area contributed by atoms with Gasteiger partial charge in [-0.05, 0) is 81.2 Å². The summed E-state index contributed by atoms with van der Waals surface area (Å²) < 4.78 is 0. The smallest absolute Gasteiger partial charge is 0.00201 e. The van der Waals surface area contributed by atoms with Crippen LogP contribution in [0.15, 0.2) is 0 Å². The molecule has 1 unspecified atom stereocenters. The molecule has 0 aromatic rings. The van der Waals surface area contributed by atoms with Crippen molar-refractivity contribution in [3.8, 4) is 0 Å². The summed E-state index contributed by atoms with van der Waals surface area (Å²) in [5.74, 6) is 3.20. The molecule has 0 bridgehead atoms. The summed E-state index contributed by atoms with van der Waals surface area (Å²) in [6, 6.07) is 0. The fraction of sp³-hybridized carbons (Fsp3) is 1.00. The first-order chi connectivity index (χ1) is 9.33. The zero-order chi connectivity index (χ0) is 13.1. The Morgan fingerprint density at radius 2 is 1.95 bits per heavy atom. The second-order valence-electron chi connectivity index (χ2n) is 7.50. The lowest BCUT2D eigenvalue weighted by molar-refractivity contribution is 0.177. The monoisotopic (exact) mass is 264 g/mol. The van der Waals surface area contributed by atoms with Crippen LogP contribution in [0, 0.1) is 23.2 Å². The normalized spacial score (nSPS) is 31.9. The van der Waals surface area contributed by atoms with E-state index >= 15 is 0 Å². The molecule has 2 nitrogen and oxygen atoms in total. The molecule has 3 aliphatic rings. The van der Waals surface area contributed by atoms with Crippen LogP contribution in [-0.4, -0.2) is 26.2 Å². The Hall–Kier alpha value is -0.0800. The Balaban J connectivity index is 1.45. The summed E-state index contributed by atoms with van der Waals surface area (Å²) in [7, 11) is 0. The highest BCUT2D eigenvalue weighted by molar-refractivity contribution is 4.93. The van der Waals surface area contributed by atoms with Crippen molar-refractivity contribution in [3.05, 3.63) is 0 Å². The van der Waals surface area contributed by atoms with Crippen LogP contribution in [0.4, 0.5) is 0 Å². The average Bonchev–Trinajstić information content (AvgIpc) is 3.29. The third-order valence-electron chi connectivity index (χ3n) is 5.68. The van der Waals surface area contributed by atoms with Gasteiger partial charge < -0.3 is 10.6 Å². The van der Waals surface area contributed by atoms with Crippen molar-refractivity contribution in [3.63, 3.8) is 0 Å². The fourth-order valence-electron chi connectivity index (χ4n) is 4.28. The second-order valence-corrected chi connectivity index (χ2v) is 7.50. The zero-order valence-electron chi connectivity index (χ0n) is 12.7. The van der Waals surface area contributed by atoms with Crippen LogP contribution < -0.4 is 10.6 Å². The molecule has 110 valence electrons. The van der Waals surface area contributed by atoms with Gasteiger partial charge in [0.1, 0.15) is 0 Å².